The number of aromatic nitrogens is 1. The van der Waals surface area contributed by atoms with E-state index in [1.165, 1.54) is 21.1 Å². The number of aliphatic imine (C=N–C) groups is 1. The lowest BCUT2D eigenvalue weighted by molar-refractivity contribution is -0.145. The molecule has 1 saturated heterocycles. The number of hydrogen-bond donors (Lipinski definition) is 5. The first kappa shape index (κ1) is 30.9. The Morgan fingerprint density at radius 1 is 1.22 bits per heavy atom. The number of nitrogens with one attached hydrogen (secondary N) is 4. The Morgan fingerprint density at radius 3 is 2.63 bits per heavy atom. The van der Waals surface area contributed by atoms with Crippen LogP contribution in [0.1, 0.15) is 43.6 Å². The molecule has 1 fully saturated rings. The Morgan fingerprint density at radius 2 is 1.98 bits per heavy atom. The summed E-state index contributed by atoms with van der Waals surface area (Å²) < 4.78 is 10.5. The zero-order valence-electron chi connectivity index (χ0n) is 23.6. The predicted octanol–water partition coefficient (Wildman–Crippen LogP) is 0.743. The number of methoxy groups -OCH3 is 1. The van der Waals surface area contributed by atoms with Crippen molar-refractivity contribution in [3.05, 3.63) is 41.2 Å². The quantitative estimate of drug-likeness (QED) is 0.140. The number of rotatable bonds is 12. The van der Waals surface area contributed by atoms with E-state index in [2.05, 4.69) is 25.9 Å². The molecular formula is C28H36N6O7. The van der Waals surface area contributed by atoms with Gasteiger partial charge in [0.15, 0.2) is 12.4 Å². The minimum Gasteiger partial charge on any atom is -0.496 e. The van der Waals surface area contributed by atoms with Crippen molar-refractivity contribution < 1.29 is 33.4 Å². The van der Waals surface area contributed by atoms with Crippen molar-refractivity contribution in [1.29, 1.82) is 0 Å². The van der Waals surface area contributed by atoms with Crippen LogP contribution in [-0.2, 0) is 23.9 Å². The van der Waals surface area contributed by atoms with E-state index in [9.17, 15) is 24.0 Å². The molecule has 0 spiro atoms. The third-order valence-electron chi connectivity index (χ3n) is 6.78. The Labute approximate surface area is 237 Å². The molecule has 220 valence electrons. The van der Waals surface area contributed by atoms with Crippen LogP contribution < -0.4 is 26.4 Å². The Kier molecular flexibility index (Phi) is 10.6. The molecule has 2 aromatic rings. The number of ketones is 1. The summed E-state index contributed by atoms with van der Waals surface area (Å²) in [6.45, 7) is 2.54. The molecule has 0 unspecified atom stereocenters. The van der Waals surface area contributed by atoms with Crippen molar-refractivity contribution in [2.24, 2.45) is 16.6 Å². The lowest BCUT2D eigenvalue weighted by Gasteiger charge is -2.26. The van der Waals surface area contributed by atoms with E-state index in [-0.39, 0.29) is 29.3 Å². The van der Waals surface area contributed by atoms with Gasteiger partial charge < -0.3 is 36.1 Å². The highest BCUT2D eigenvalue weighted by atomic mass is 16.5. The van der Waals surface area contributed by atoms with Gasteiger partial charge in [-0.1, -0.05) is 6.07 Å². The van der Waals surface area contributed by atoms with Crippen LogP contribution >= 0.6 is 0 Å². The lowest BCUT2D eigenvalue weighted by atomic mass is 9.90. The SMILES string of the molecule is CN=C(C)/C(C(=O)OCC(=O)[C@H](C[C@@H]1CCCNC1=O)NC(=O)CNC(=O)c1cc2c(OC)cccc2[nH]1)=C(/C)N. The topological polar surface area (TPSA) is 194 Å². The van der Waals surface area contributed by atoms with Gasteiger partial charge in [-0.05, 0) is 51.3 Å². The first-order chi connectivity index (χ1) is 19.5. The molecule has 2 atom stereocenters. The molecule has 1 aromatic carbocycles. The number of allylic oxidation sites excluding steroid dienone is 1. The summed E-state index contributed by atoms with van der Waals surface area (Å²) in [4.78, 5) is 70.5. The number of amides is 3. The smallest absolute Gasteiger partial charge is 0.342 e. The van der Waals surface area contributed by atoms with Gasteiger partial charge in [0.05, 0.1) is 25.3 Å². The van der Waals surface area contributed by atoms with Crippen molar-refractivity contribution in [1.82, 2.24) is 20.9 Å². The van der Waals surface area contributed by atoms with Crippen LogP contribution in [0.2, 0.25) is 0 Å². The molecule has 6 N–H and O–H groups in total. The van der Waals surface area contributed by atoms with Gasteiger partial charge in [-0.2, -0.15) is 0 Å². The second-order valence-electron chi connectivity index (χ2n) is 9.68. The van der Waals surface area contributed by atoms with Crippen LogP contribution in [0.15, 0.2) is 40.5 Å². The number of piperidine rings is 1. The average molecular weight is 569 g/mol. The van der Waals surface area contributed by atoms with Crippen LogP contribution in [0.5, 0.6) is 5.75 Å². The maximum atomic E-state index is 13.1. The van der Waals surface area contributed by atoms with E-state index in [0.29, 0.717) is 35.3 Å². The number of nitrogens with zero attached hydrogens (tertiary/aromatic N) is 1. The fourth-order valence-corrected chi connectivity index (χ4v) is 4.56. The number of ether oxygens (including phenoxy) is 2. The molecule has 3 amide bonds. The number of carbonyl (C=O) groups is 5. The molecule has 13 nitrogen and oxygen atoms in total. The summed E-state index contributed by atoms with van der Waals surface area (Å²) in [5, 5.41) is 8.56. The number of Topliss-reactive ketones (excluding diaryl/α,β-unsaturated/α-hetero) is 1. The molecule has 0 saturated carbocycles. The van der Waals surface area contributed by atoms with Gasteiger partial charge in [-0.25, -0.2) is 4.79 Å². The van der Waals surface area contributed by atoms with E-state index in [0.717, 1.165) is 6.42 Å². The van der Waals surface area contributed by atoms with Crippen LogP contribution in [-0.4, -0.2) is 80.1 Å². The first-order valence-corrected chi connectivity index (χ1v) is 13.2. The minimum absolute atomic E-state index is 0.0117. The third kappa shape index (κ3) is 7.93. The summed E-state index contributed by atoms with van der Waals surface area (Å²) in [5.41, 5.74) is 7.27. The zero-order valence-corrected chi connectivity index (χ0v) is 23.6. The minimum atomic E-state index is -1.13. The van der Waals surface area contributed by atoms with Gasteiger partial charge >= 0.3 is 5.97 Å². The molecule has 13 heteroatoms. The molecule has 1 aliphatic rings. The number of H-pyrrole nitrogens is 1. The molecule has 41 heavy (non-hydrogen) atoms. The predicted molar refractivity (Wildman–Crippen MR) is 151 cm³/mol. The van der Waals surface area contributed by atoms with Crippen molar-refractivity contribution in [2.75, 3.05) is 33.9 Å². The molecule has 0 aliphatic carbocycles. The van der Waals surface area contributed by atoms with Gasteiger partial charge in [0.1, 0.15) is 11.4 Å². The van der Waals surface area contributed by atoms with Gasteiger partial charge in [-0.3, -0.25) is 24.2 Å². The van der Waals surface area contributed by atoms with Crippen molar-refractivity contribution in [3.8, 4) is 5.75 Å². The summed E-state index contributed by atoms with van der Waals surface area (Å²) >= 11 is 0. The monoisotopic (exact) mass is 568 g/mol. The van der Waals surface area contributed by atoms with Gasteiger partial charge in [0.25, 0.3) is 5.91 Å². The molecule has 0 bridgehead atoms. The number of benzene rings is 1. The lowest BCUT2D eigenvalue weighted by Crippen LogP contribution is -2.49. The second-order valence-corrected chi connectivity index (χ2v) is 9.68. The van der Waals surface area contributed by atoms with Gasteiger partial charge in [-0.15, -0.1) is 0 Å². The third-order valence-corrected chi connectivity index (χ3v) is 6.78. The number of fused-ring (bicyclic) bond motifs is 1. The highest BCUT2D eigenvalue weighted by Gasteiger charge is 2.31. The van der Waals surface area contributed by atoms with Gasteiger partial charge in [0, 0.05) is 41.8 Å². The summed E-state index contributed by atoms with van der Waals surface area (Å²) in [5.74, 6) is -2.77. The van der Waals surface area contributed by atoms with Crippen molar-refractivity contribution in [2.45, 2.75) is 39.2 Å². The molecule has 1 aliphatic heterocycles. The molecule has 1 aromatic heterocycles. The fourth-order valence-electron chi connectivity index (χ4n) is 4.56. The number of aromatic amines is 1. The van der Waals surface area contributed by atoms with E-state index in [4.69, 9.17) is 15.2 Å². The van der Waals surface area contributed by atoms with Crippen LogP contribution in [0.25, 0.3) is 10.9 Å². The van der Waals surface area contributed by atoms with E-state index >= 15 is 0 Å². The zero-order chi connectivity index (χ0) is 30.1. The van der Waals surface area contributed by atoms with Crippen molar-refractivity contribution >= 4 is 46.1 Å². The van der Waals surface area contributed by atoms with E-state index in [1.54, 1.807) is 31.2 Å². The second kappa shape index (κ2) is 14.1. The summed E-state index contributed by atoms with van der Waals surface area (Å²) in [6.07, 6.45) is 1.28. The van der Waals surface area contributed by atoms with Crippen LogP contribution in [0.4, 0.5) is 0 Å². The van der Waals surface area contributed by atoms with Gasteiger partial charge in [0.2, 0.25) is 11.8 Å². The largest absolute Gasteiger partial charge is 0.496 e. The maximum absolute atomic E-state index is 13.1. The molecule has 2 heterocycles. The van der Waals surface area contributed by atoms with Crippen molar-refractivity contribution in [3.63, 3.8) is 0 Å². The number of esters is 1. The molecular weight excluding hydrogens is 532 g/mol. The van der Waals surface area contributed by atoms with Crippen LogP contribution in [0.3, 0.4) is 0 Å². The Hall–Kier alpha value is -4.68. The normalized spacial score (nSPS) is 16.7. The maximum Gasteiger partial charge on any atom is 0.342 e. The highest BCUT2D eigenvalue weighted by molar-refractivity contribution is 6.19. The Balaban J connectivity index is 1.66. The average Bonchev–Trinajstić information content (AvgIpc) is 3.40. The number of carbonyl (C=O) groups excluding carboxylic acids is 5. The van der Waals surface area contributed by atoms with E-state index in [1.807, 2.05) is 0 Å². The van der Waals surface area contributed by atoms with Crippen LogP contribution in [0, 0.1) is 5.92 Å². The number of hydrogen-bond acceptors (Lipinski definition) is 9. The standard InChI is InChI=1S/C28H36N6O7/c1-15(29)25(16(2)30-3)28(39)41-14-22(35)20(11-17-7-6-10-31-26(17)37)34-24(36)13-32-27(38)21-12-18-19(33-21)8-5-9-23(18)40-4/h5,8-9,12,17,20,33H,6-7,10-11,13-14,29H2,1-4H3,(H,31,37)(H,32,38)(H,34,36)/b25-15+,30-16?/t17-,20-/m0/s1. The highest BCUT2D eigenvalue weighted by Crippen LogP contribution is 2.26. The summed E-state index contributed by atoms with van der Waals surface area (Å²) in [6, 6.07) is 5.81. The summed E-state index contributed by atoms with van der Waals surface area (Å²) in [7, 11) is 3.02. The molecule has 3 rings (SSSR count). The fraction of sp³-hybridized carbons (Fsp3) is 0.429. The first-order valence-electron chi connectivity index (χ1n) is 13.2. The number of nitrogens with two attached hydrogens (primary N) is 1. The van der Waals surface area contributed by atoms with E-state index < -0.39 is 48.7 Å². The molecule has 0 radical (unpaired) electrons. The Bertz CT molecular complexity index is 1390.